The SMILES string of the molecule is O=S(Cc1cccc(Nc2nc(-c3ccncc3)nc3c2CCC3)c1)c1ccccc1. The molecule has 0 saturated heterocycles. The Morgan fingerprint density at radius 3 is 2.58 bits per heavy atom. The smallest absolute Gasteiger partial charge is 0.161 e. The monoisotopic (exact) mass is 426 g/mol. The number of aryl methyl sites for hydroxylation is 1. The van der Waals surface area contributed by atoms with E-state index >= 15 is 0 Å². The Balaban J connectivity index is 1.42. The molecular formula is C25H22N4OS. The predicted molar refractivity (Wildman–Crippen MR) is 124 cm³/mol. The van der Waals surface area contributed by atoms with Crippen LogP contribution in [0.15, 0.2) is 84.0 Å². The molecule has 2 aromatic heterocycles. The summed E-state index contributed by atoms with van der Waals surface area (Å²) in [7, 11) is -1.08. The van der Waals surface area contributed by atoms with Crippen molar-refractivity contribution < 1.29 is 4.21 Å². The van der Waals surface area contributed by atoms with Crippen LogP contribution < -0.4 is 5.32 Å². The van der Waals surface area contributed by atoms with E-state index < -0.39 is 10.8 Å². The summed E-state index contributed by atoms with van der Waals surface area (Å²) in [5, 5.41) is 3.50. The van der Waals surface area contributed by atoms with Crippen molar-refractivity contribution in [2.24, 2.45) is 0 Å². The normalized spacial score (nSPS) is 13.5. The highest BCUT2D eigenvalue weighted by Crippen LogP contribution is 2.31. The van der Waals surface area contributed by atoms with Gasteiger partial charge in [-0.05, 0) is 61.2 Å². The first kappa shape index (κ1) is 19.6. The van der Waals surface area contributed by atoms with E-state index in [0.29, 0.717) is 11.6 Å². The average molecular weight is 427 g/mol. The third-order valence-corrected chi connectivity index (χ3v) is 6.76. The zero-order valence-electron chi connectivity index (χ0n) is 17.0. The molecule has 1 atom stereocenters. The molecule has 5 nitrogen and oxygen atoms in total. The Kier molecular flexibility index (Phi) is 5.54. The lowest BCUT2D eigenvalue weighted by molar-refractivity contribution is 0.682. The first-order chi connectivity index (χ1) is 15.3. The lowest BCUT2D eigenvalue weighted by Gasteiger charge is -2.13. The van der Waals surface area contributed by atoms with Gasteiger partial charge in [-0.15, -0.1) is 0 Å². The van der Waals surface area contributed by atoms with Gasteiger partial charge in [0, 0.05) is 39.8 Å². The number of nitrogens with zero attached hydrogens (tertiary/aromatic N) is 3. The van der Waals surface area contributed by atoms with Gasteiger partial charge in [-0.25, -0.2) is 9.97 Å². The van der Waals surface area contributed by atoms with Crippen molar-refractivity contribution in [3.05, 3.63) is 95.9 Å². The molecule has 31 heavy (non-hydrogen) atoms. The van der Waals surface area contributed by atoms with Crippen molar-refractivity contribution in [1.82, 2.24) is 15.0 Å². The standard InChI is InChI=1S/C25H22N4OS/c30-31(21-8-2-1-3-9-21)17-18-6-4-7-20(16-18)27-25-22-10-5-11-23(22)28-24(29-25)19-12-14-26-15-13-19/h1-4,6-9,12-16H,5,10-11,17H2,(H,27,28,29). The molecule has 1 unspecified atom stereocenters. The second-order valence-electron chi connectivity index (χ2n) is 7.54. The zero-order valence-corrected chi connectivity index (χ0v) is 17.8. The second kappa shape index (κ2) is 8.78. The third kappa shape index (κ3) is 4.39. The maximum absolute atomic E-state index is 12.7. The van der Waals surface area contributed by atoms with Gasteiger partial charge in [0.15, 0.2) is 5.82 Å². The summed E-state index contributed by atoms with van der Waals surface area (Å²) in [6.45, 7) is 0. The van der Waals surface area contributed by atoms with Crippen LogP contribution in [-0.4, -0.2) is 19.2 Å². The van der Waals surface area contributed by atoms with Crippen LogP contribution in [0.3, 0.4) is 0 Å². The van der Waals surface area contributed by atoms with E-state index in [1.54, 1.807) is 12.4 Å². The number of aromatic nitrogens is 3. The van der Waals surface area contributed by atoms with Crippen molar-refractivity contribution >= 4 is 22.3 Å². The third-order valence-electron chi connectivity index (χ3n) is 5.37. The van der Waals surface area contributed by atoms with E-state index in [1.807, 2.05) is 60.7 Å². The summed E-state index contributed by atoms with van der Waals surface area (Å²) < 4.78 is 12.7. The Morgan fingerprint density at radius 1 is 0.903 bits per heavy atom. The van der Waals surface area contributed by atoms with Crippen molar-refractivity contribution in [2.75, 3.05) is 5.32 Å². The number of rotatable bonds is 6. The quantitative estimate of drug-likeness (QED) is 0.466. The summed E-state index contributed by atoms with van der Waals surface area (Å²) in [6, 6.07) is 21.5. The molecule has 2 aromatic carbocycles. The van der Waals surface area contributed by atoms with Crippen LogP contribution >= 0.6 is 0 Å². The van der Waals surface area contributed by atoms with Crippen LogP contribution in [0, 0.1) is 0 Å². The van der Waals surface area contributed by atoms with E-state index in [0.717, 1.165) is 52.5 Å². The molecule has 1 aliphatic rings. The van der Waals surface area contributed by atoms with E-state index in [1.165, 1.54) is 5.56 Å². The zero-order chi connectivity index (χ0) is 21.0. The fraction of sp³-hybridized carbons (Fsp3) is 0.160. The van der Waals surface area contributed by atoms with Crippen molar-refractivity contribution in [2.45, 2.75) is 29.9 Å². The van der Waals surface area contributed by atoms with Gasteiger partial charge in [-0.2, -0.15) is 0 Å². The van der Waals surface area contributed by atoms with Gasteiger partial charge in [0.1, 0.15) is 5.82 Å². The maximum Gasteiger partial charge on any atom is 0.161 e. The Bertz CT molecular complexity index is 1230. The van der Waals surface area contributed by atoms with E-state index in [-0.39, 0.29) is 0 Å². The molecule has 0 bridgehead atoms. The van der Waals surface area contributed by atoms with Gasteiger partial charge < -0.3 is 5.32 Å². The van der Waals surface area contributed by atoms with Crippen molar-refractivity contribution in [1.29, 1.82) is 0 Å². The second-order valence-corrected chi connectivity index (χ2v) is 8.99. The summed E-state index contributed by atoms with van der Waals surface area (Å²) in [5.41, 5.74) is 5.23. The molecule has 154 valence electrons. The number of benzene rings is 2. The summed E-state index contributed by atoms with van der Waals surface area (Å²) in [4.78, 5) is 14.6. The molecule has 4 aromatic rings. The minimum absolute atomic E-state index is 0.476. The van der Waals surface area contributed by atoms with Crippen LogP contribution in [0.5, 0.6) is 0 Å². The van der Waals surface area contributed by atoms with Gasteiger partial charge in [0.25, 0.3) is 0 Å². The van der Waals surface area contributed by atoms with Crippen LogP contribution in [0.25, 0.3) is 11.4 Å². The molecule has 0 aliphatic heterocycles. The highest BCUT2D eigenvalue weighted by molar-refractivity contribution is 7.84. The molecule has 0 fully saturated rings. The fourth-order valence-corrected chi connectivity index (χ4v) is 4.96. The summed E-state index contributed by atoms with van der Waals surface area (Å²) in [6.07, 6.45) is 6.56. The average Bonchev–Trinajstić information content (AvgIpc) is 3.30. The molecule has 0 saturated carbocycles. The molecule has 2 heterocycles. The molecule has 0 amide bonds. The van der Waals surface area contributed by atoms with E-state index in [2.05, 4.69) is 16.4 Å². The van der Waals surface area contributed by atoms with E-state index in [4.69, 9.17) is 9.97 Å². The molecule has 1 aliphatic carbocycles. The lowest BCUT2D eigenvalue weighted by atomic mass is 10.2. The maximum atomic E-state index is 12.7. The minimum Gasteiger partial charge on any atom is -0.340 e. The molecule has 6 heteroatoms. The van der Waals surface area contributed by atoms with Gasteiger partial charge >= 0.3 is 0 Å². The molecule has 0 spiro atoms. The van der Waals surface area contributed by atoms with Crippen molar-refractivity contribution in [3.63, 3.8) is 0 Å². The topological polar surface area (TPSA) is 67.8 Å². The molecule has 5 rings (SSSR count). The number of hydrogen-bond acceptors (Lipinski definition) is 5. The Morgan fingerprint density at radius 2 is 1.74 bits per heavy atom. The molecule has 1 N–H and O–H groups in total. The first-order valence-corrected chi connectivity index (χ1v) is 11.7. The Labute approximate surface area is 184 Å². The number of anilines is 2. The highest BCUT2D eigenvalue weighted by Gasteiger charge is 2.20. The fourth-order valence-electron chi connectivity index (χ4n) is 3.85. The Hall–Kier alpha value is -3.38. The summed E-state index contributed by atoms with van der Waals surface area (Å²) in [5.74, 6) is 2.05. The van der Waals surface area contributed by atoms with Gasteiger partial charge in [-0.1, -0.05) is 30.3 Å². The highest BCUT2D eigenvalue weighted by atomic mass is 32.2. The lowest BCUT2D eigenvalue weighted by Crippen LogP contribution is -2.04. The number of nitrogens with one attached hydrogen (secondary N) is 1. The molecule has 0 radical (unpaired) electrons. The first-order valence-electron chi connectivity index (χ1n) is 10.4. The molecular weight excluding hydrogens is 404 g/mol. The number of fused-ring (bicyclic) bond motifs is 1. The van der Waals surface area contributed by atoms with Gasteiger partial charge in [0.05, 0.1) is 16.6 Å². The number of pyridine rings is 1. The van der Waals surface area contributed by atoms with Crippen LogP contribution in [0.2, 0.25) is 0 Å². The van der Waals surface area contributed by atoms with Crippen LogP contribution in [0.4, 0.5) is 11.5 Å². The van der Waals surface area contributed by atoms with Gasteiger partial charge in [-0.3, -0.25) is 9.19 Å². The van der Waals surface area contributed by atoms with Crippen molar-refractivity contribution in [3.8, 4) is 11.4 Å². The van der Waals surface area contributed by atoms with E-state index in [9.17, 15) is 4.21 Å². The summed E-state index contributed by atoms with van der Waals surface area (Å²) >= 11 is 0. The van der Waals surface area contributed by atoms with Crippen LogP contribution in [-0.2, 0) is 29.4 Å². The minimum atomic E-state index is -1.08. The number of hydrogen-bond donors (Lipinski definition) is 1. The van der Waals surface area contributed by atoms with Gasteiger partial charge in [0.2, 0.25) is 0 Å². The largest absolute Gasteiger partial charge is 0.340 e. The van der Waals surface area contributed by atoms with Crippen LogP contribution in [0.1, 0.15) is 23.2 Å². The predicted octanol–water partition coefficient (Wildman–Crippen LogP) is 5.08.